The van der Waals surface area contributed by atoms with Gasteiger partial charge in [0.1, 0.15) is 5.75 Å². The Kier molecular flexibility index (Phi) is 6.01. The monoisotopic (exact) mass is 359 g/mol. The van der Waals surface area contributed by atoms with Crippen LogP contribution in [0.3, 0.4) is 0 Å². The Morgan fingerprint density at radius 1 is 1.15 bits per heavy atom. The summed E-state index contributed by atoms with van der Waals surface area (Å²) >= 11 is 0. The van der Waals surface area contributed by atoms with Crippen LogP contribution < -0.4 is 15.0 Å². The second kappa shape index (κ2) is 8.43. The van der Waals surface area contributed by atoms with Gasteiger partial charge in [0.2, 0.25) is 11.8 Å². The molecule has 6 heteroatoms. The summed E-state index contributed by atoms with van der Waals surface area (Å²) in [7, 11) is 1.68. The summed E-state index contributed by atoms with van der Waals surface area (Å²) in [4.78, 5) is 28.9. The maximum Gasteiger partial charge on any atom is 0.226 e. The Morgan fingerprint density at radius 3 is 2.58 bits per heavy atom. The standard InChI is InChI=1S/C20H29N3O3/c1-3-4-9-21-19(24)15-14-16(15)20(25)23-12-10-22(11-13-23)17-7-5-6-8-18(17)26-2/h5-8,15-16H,3-4,9-14H2,1-2H3,(H,21,24). The van der Waals surface area contributed by atoms with Crippen LogP contribution in [0.15, 0.2) is 24.3 Å². The van der Waals surface area contributed by atoms with Crippen molar-refractivity contribution in [3.05, 3.63) is 24.3 Å². The molecule has 2 aliphatic rings. The van der Waals surface area contributed by atoms with Crippen molar-refractivity contribution < 1.29 is 14.3 Å². The maximum absolute atomic E-state index is 12.7. The van der Waals surface area contributed by atoms with E-state index in [4.69, 9.17) is 4.74 Å². The van der Waals surface area contributed by atoms with E-state index < -0.39 is 0 Å². The normalized spacial score (nSPS) is 22.1. The zero-order valence-corrected chi connectivity index (χ0v) is 15.7. The fraction of sp³-hybridized carbons (Fsp3) is 0.600. The number of para-hydroxylation sites is 2. The Bertz CT molecular complexity index is 641. The van der Waals surface area contributed by atoms with Gasteiger partial charge in [0, 0.05) is 32.7 Å². The lowest BCUT2D eigenvalue weighted by Crippen LogP contribution is -2.49. The molecule has 2 fully saturated rings. The summed E-state index contributed by atoms with van der Waals surface area (Å²) in [5.41, 5.74) is 1.07. The molecular weight excluding hydrogens is 330 g/mol. The molecule has 0 spiro atoms. The van der Waals surface area contributed by atoms with Gasteiger partial charge in [-0.3, -0.25) is 9.59 Å². The van der Waals surface area contributed by atoms with E-state index in [2.05, 4.69) is 17.1 Å². The first-order valence-electron chi connectivity index (χ1n) is 9.60. The number of nitrogens with zero attached hydrogens (tertiary/aromatic N) is 2. The number of carbonyl (C=O) groups is 2. The minimum absolute atomic E-state index is 0.0458. The summed E-state index contributed by atoms with van der Waals surface area (Å²) in [5.74, 6) is 0.809. The molecule has 1 saturated carbocycles. The average molecular weight is 359 g/mol. The molecule has 0 radical (unpaired) electrons. The van der Waals surface area contributed by atoms with Crippen LogP contribution >= 0.6 is 0 Å². The van der Waals surface area contributed by atoms with Crippen molar-refractivity contribution in [2.75, 3.05) is 44.7 Å². The van der Waals surface area contributed by atoms with E-state index in [1.54, 1.807) is 7.11 Å². The van der Waals surface area contributed by atoms with Crippen molar-refractivity contribution in [2.24, 2.45) is 11.8 Å². The summed E-state index contributed by atoms with van der Waals surface area (Å²) in [6, 6.07) is 7.97. The third kappa shape index (κ3) is 4.11. The molecule has 6 nitrogen and oxygen atoms in total. The molecule has 1 aromatic carbocycles. The number of anilines is 1. The van der Waals surface area contributed by atoms with E-state index in [9.17, 15) is 9.59 Å². The van der Waals surface area contributed by atoms with E-state index in [1.165, 1.54) is 0 Å². The molecule has 2 atom stereocenters. The van der Waals surface area contributed by atoms with Crippen molar-refractivity contribution in [2.45, 2.75) is 26.2 Å². The number of nitrogens with one attached hydrogen (secondary N) is 1. The number of carbonyl (C=O) groups excluding carboxylic acids is 2. The van der Waals surface area contributed by atoms with Gasteiger partial charge < -0.3 is 19.9 Å². The lowest BCUT2D eigenvalue weighted by molar-refractivity contribution is -0.135. The van der Waals surface area contributed by atoms with Gasteiger partial charge in [0.25, 0.3) is 0 Å². The number of benzene rings is 1. The Labute approximate surface area is 155 Å². The third-order valence-electron chi connectivity index (χ3n) is 5.29. The van der Waals surface area contributed by atoms with Crippen LogP contribution in [-0.4, -0.2) is 56.5 Å². The fourth-order valence-corrected chi connectivity index (χ4v) is 3.57. The molecule has 1 saturated heterocycles. The largest absolute Gasteiger partial charge is 0.495 e. The van der Waals surface area contributed by atoms with E-state index in [0.29, 0.717) is 26.1 Å². The van der Waals surface area contributed by atoms with Crippen molar-refractivity contribution in [3.63, 3.8) is 0 Å². The quantitative estimate of drug-likeness (QED) is 0.756. The number of hydrogen-bond acceptors (Lipinski definition) is 4. The molecule has 1 heterocycles. The summed E-state index contributed by atoms with van der Waals surface area (Å²) in [6.45, 7) is 5.76. The average Bonchev–Trinajstić information content (AvgIpc) is 3.48. The van der Waals surface area contributed by atoms with Crippen LogP contribution in [0.4, 0.5) is 5.69 Å². The number of hydrogen-bond donors (Lipinski definition) is 1. The molecule has 0 aromatic heterocycles. The van der Waals surface area contributed by atoms with Crippen molar-refractivity contribution in [3.8, 4) is 5.75 Å². The maximum atomic E-state index is 12.7. The SMILES string of the molecule is CCCCNC(=O)C1CC1C(=O)N1CCN(c2ccccc2OC)CC1. The molecule has 1 aromatic rings. The number of unbranched alkanes of at least 4 members (excludes halogenated alkanes) is 1. The molecule has 1 aliphatic carbocycles. The second-order valence-electron chi connectivity index (χ2n) is 7.08. The van der Waals surface area contributed by atoms with Crippen molar-refractivity contribution >= 4 is 17.5 Å². The van der Waals surface area contributed by atoms with E-state index >= 15 is 0 Å². The summed E-state index contributed by atoms with van der Waals surface area (Å²) in [5, 5.41) is 2.94. The molecular formula is C20H29N3O3. The molecule has 3 rings (SSSR count). The molecule has 1 aliphatic heterocycles. The second-order valence-corrected chi connectivity index (χ2v) is 7.08. The van der Waals surface area contributed by atoms with Crippen molar-refractivity contribution in [1.82, 2.24) is 10.2 Å². The minimum atomic E-state index is -0.119. The Hall–Kier alpha value is -2.24. The summed E-state index contributed by atoms with van der Waals surface area (Å²) in [6.07, 6.45) is 2.75. The third-order valence-corrected chi connectivity index (χ3v) is 5.29. The smallest absolute Gasteiger partial charge is 0.226 e. The molecule has 0 bridgehead atoms. The lowest BCUT2D eigenvalue weighted by Gasteiger charge is -2.36. The van der Waals surface area contributed by atoms with Gasteiger partial charge in [-0.1, -0.05) is 25.5 Å². The van der Waals surface area contributed by atoms with Crippen molar-refractivity contribution in [1.29, 1.82) is 0 Å². The van der Waals surface area contributed by atoms with Gasteiger partial charge in [-0.2, -0.15) is 0 Å². The first-order valence-corrected chi connectivity index (χ1v) is 9.60. The Morgan fingerprint density at radius 2 is 1.88 bits per heavy atom. The molecule has 142 valence electrons. The van der Waals surface area contributed by atoms with E-state index in [1.807, 2.05) is 29.2 Å². The van der Waals surface area contributed by atoms with Crippen LogP contribution in [0.2, 0.25) is 0 Å². The highest BCUT2D eigenvalue weighted by atomic mass is 16.5. The Balaban J connectivity index is 1.48. The van der Waals surface area contributed by atoms with Crippen LogP contribution in [0.5, 0.6) is 5.75 Å². The van der Waals surface area contributed by atoms with E-state index in [0.717, 1.165) is 37.4 Å². The highest BCUT2D eigenvalue weighted by molar-refractivity contribution is 5.92. The highest BCUT2D eigenvalue weighted by Gasteiger charge is 2.49. The molecule has 2 unspecified atom stereocenters. The number of piperazine rings is 1. The van der Waals surface area contributed by atoms with Gasteiger partial charge in [-0.05, 0) is 25.0 Å². The number of ether oxygens (including phenoxy) is 1. The molecule has 26 heavy (non-hydrogen) atoms. The van der Waals surface area contributed by atoms with E-state index in [-0.39, 0.29) is 23.7 Å². The number of rotatable bonds is 7. The van der Waals surface area contributed by atoms with Gasteiger partial charge in [-0.25, -0.2) is 0 Å². The zero-order valence-electron chi connectivity index (χ0n) is 15.7. The van der Waals surface area contributed by atoms with Crippen LogP contribution in [-0.2, 0) is 9.59 Å². The predicted molar refractivity (Wildman–Crippen MR) is 101 cm³/mol. The molecule has 2 amide bonds. The minimum Gasteiger partial charge on any atom is -0.495 e. The van der Waals surface area contributed by atoms with Gasteiger partial charge in [-0.15, -0.1) is 0 Å². The van der Waals surface area contributed by atoms with Crippen LogP contribution in [0.25, 0.3) is 0 Å². The van der Waals surface area contributed by atoms with Crippen LogP contribution in [0.1, 0.15) is 26.2 Å². The first-order chi connectivity index (χ1) is 12.7. The lowest BCUT2D eigenvalue weighted by atomic mass is 10.2. The van der Waals surface area contributed by atoms with Gasteiger partial charge in [0.05, 0.1) is 24.6 Å². The number of amides is 2. The highest BCUT2D eigenvalue weighted by Crippen LogP contribution is 2.40. The fourth-order valence-electron chi connectivity index (χ4n) is 3.57. The topological polar surface area (TPSA) is 61.9 Å². The summed E-state index contributed by atoms with van der Waals surface area (Å²) < 4.78 is 5.44. The van der Waals surface area contributed by atoms with Crippen LogP contribution in [0, 0.1) is 11.8 Å². The number of methoxy groups -OCH3 is 1. The predicted octanol–water partition coefficient (Wildman–Crippen LogP) is 1.90. The zero-order chi connectivity index (χ0) is 18.5. The van der Waals surface area contributed by atoms with Gasteiger partial charge >= 0.3 is 0 Å². The first kappa shape index (κ1) is 18.5. The van der Waals surface area contributed by atoms with Gasteiger partial charge in [0.15, 0.2) is 0 Å². The molecule has 1 N–H and O–H groups in total.